The Morgan fingerprint density at radius 2 is 2.17 bits per heavy atom. The van der Waals surface area contributed by atoms with Gasteiger partial charge in [-0.15, -0.1) is 0 Å². The van der Waals surface area contributed by atoms with E-state index >= 15 is 0 Å². The van der Waals surface area contributed by atoms with Crippen LogP contribution in [-0.4, -0.2) is 35.4 Å². The van der Waals surface area contributed by atoms with E-state index in [1.54, 1.807) is 4.68 Å². The monoisotopic (exact) mass is 328 g/mol. The fraction of sp³-hybridized carbons (Fsp3) is 0.444. The van der Waals surface area contributed by atoms with Crippen LogP contribution in [0.1, 0.15) is 24.0 Å². The van der Waals surface area contributed by atoms with Crippen LogP contribution in [-0.2, 0) is 23.2 Å². The second-order valence-electron chi connectivity index (χ2n) is 6.14. The van der Waals surface area contributed by atoms with Gasteiger partial charge in [0.15, 0.2) is 0 Å². The first-order valence-electron chi connectivity index (χ1n) is 8.34. The maximum atomic E-state index is 12.7. The first-order chi connectivity index (χ1) is 11.7. The van der Waals surface area contributed by atoms with Gasteiger partial charge in [-0.1, -0.05) is 12.1 Å². The lowest BCUT2D eigenvalue weighted by Gasteiger charge is -2.17. The Morgan fingerprint density at radius 3 is 2.83 bits per heavy atom. The van der Waals surface area contributed by atoms with E-state index in [1.165, 1.54) is 0 Å². The number of hydrogen-bond acceptors (Lipinski definition) is 4. The van der Waals surface area contributed by atoms with Crippen molar-refractivity contribution in [3.05, 3.63) is 47.8 Å². The van der Waals surface area contributed by atoms with Crippen LogP contribution in [0.5, 0.6) is 0 Å². The summed E-state index contributed by atoms with van der Waals surface area (Å²) in [6.07, 6.45) is 3.83. The molecule has 1 saturated heterocycles. The number of benzene rings is 1. The molecule has 0 unspecified atom stereocenters. The molecule has 1 aromatic heterocycles. The molecule has 0 radical (unpaired) electrons. The second-order valence-corrected chi connectivity index (χ2v) is 6.14. The summed E-state index contributed by atoms with van der Waals surface area (Å²) in [6, 6.07) is 7.81. The molecule has 1 aliphatic heterocycles. The van der Waals surface area contributed by atoms with Crippen LogP contribution in [0.25, 0.3) is 0 Å². The van der Waals surface area contributed by atoms with Crippen LogP contribution in [0, 0.1) is 5.92 Å². The van der Waals surface area contributed by atoms with E-state index in [-0.39, 0.29) is 17.7 Å². The summed E-state index contributed by atoms with van der Waals surface area (Å²) < 4.78 is 7.16. The van der Waals surface area contributed by atoms with Crippen molar-refractivity contribution in [2.75, 3.05) is 25.0 Å². The van der Waals surface area contributed by atoms with Crippen LogP contribution < -0.4 is 10.6 Å². The lowest BCUT2D eigenvalue weighted by atomic mass is 9.90. The molecule has 1 amide bonds. The fourth-order valence-electron chi connectivity index (χ4n) is 3.08. The number of carbonyl (C=O) groups excluding carboxylic acids is 1. The Bertz CT molecular complexity index is 681. The van der Waals surface area contributed by atoms with Crippen molar-refractivity contribution in [1.82, 2.24) is 15.1 Å². The molecule has 128 valence electrons. The van der Waals surface area contributed by atoms with Gasteiger partial charge in [-0.3, -0.25) is 9.48 Å². The molecule has 2 aromatic rings. The van der Waals surface area contributed by atoms with Gasteiger partial charge in [-0.05, 0) is 30.2 Å². The number of nitrogens with zero attached hydrogens (tertiary/aromatic N) is 2. The van der Waals surface area contributed by atoms with Crippen LogP contribution in [0.4, 0.5) is 5.69 Å². The lowest BCUT2D eigenvalue weighted by Crippen LogP contribution is -2.28. The summed E-state index contributed by atoms with van der Waals surface area (Å²) in [5.74, 6) is 0.125. The molecule has 1 fully saturated rings. The Morgan fingerprint density at radius 1 is 1.38 bits per heavy atom. The van der Waals surface area contributed by atoms with Gasteiger partial charge in [-0.25, -0.2) is 0 Å². The van der Waals surface area contributed by atoms with Crippen molar-refractivity contribution in [3.8, 4) is 0 Å². The van der Waals surface area contributed by atoms with Crippen LogP contribution >= 0.6 is 0 Å². The zero-order valence-electron chi connectivity index (χ0n) is 14.2. The van der Waals surface area contributed by atoms with Gasteiger partial charge < -0.3 is 15.4 Å². The fourth-order valence-corrected chi connectivity index (χ4v) is 3.08. The molecule has 1 aromatic carbocycles. The third-order valence-electron chi connectivity index (χ3n) is 4.40. The van der Waals surface area contributed by atoms with Crippen molar-refractivity contribution >= 4 is 11.6 Å². The van der Waals surface area contributed by atoms with Gasteiger partial charge in [0.2, 0.25) is 5.91 Å². The van der Waals surface area contributed by atoms with E-state index in [0.29, 0.717) is 19.8 Å². The highest BCUT2D eigenvalue weighted by atomic mass is 16.5. The molecule has 0 saturated carbocycles. The molecule has 24 heavy (non-hydrogen) atoms. The van der Waals surface area contributed by atoms with Gasteiger partial charge in [0, 0.05) is 44.5 Å². The van der Waals surface area contributed by atoms with E-state index in [4.69, 9.17) is 4.74 Å². The van der Waals surface area contributed by atoms with E-state index in [1.807, 2.05) is 50.6 Å². The molecule has 1 aliphatic rings. The zero-order chi connectivity index (χ0) is 16.9. The molecular weight excluding hydrogens is 304 g/mol. The predicted molar refractivity (Wildman–Crippen MR) is 92.7 cm³/mol. The molecule has 6 nitrogen and oxygen atoms in total. The molecule has 6 heteroatoms. The Kier molecular flexibility index (Phi) is 5.27. The summed E-state index contributed by atoms with van der Waals surface area (Å²) in [7, 11) is 1.89. The number of hydrogen-bond donors (Lipinski definition) is 2. The van der Waals surface area contributed by atoms with Crippen LogP contribution in [0.15, 0.2) is 36.7 Å². The quantitative estimate of drug-likeness (QED) is 0.850. The number of amides is 1. The molecular formula is C18H24N4O2. The van der Waals surface area contributed by atoms with Gasteiger partial charge in [0.25, 0.3) is 0 Å². The highest BCUT2D eigenvalue weighted by molar-refractivity contribution is 5.93. The zero-order valence-corrected chi connectivity index (χ0v) is 14.2. The molecule has 0 bridgehead atoms. The van der Waals surface area contributed by atoms with Crippen molar-refractivity contribution in [1.29, 1.82) is 0 Å². The third kappa shape index (κ3) is 3.83. The minimum atomic E-state index is -0.0858. The minimum Gasteiger partial charge on any atom is -0.377 e. The average Bonchev–Trinajstić information content (AvgIpc) is 3.22. The van der Waals surface area contributed by atoms with Crippen LogP contribution in [0.3, 0.4) is 0 Å². The van der Waals surface area contributed by atoms with E-state index < -0.39 is 0 Å². The number of aryl methyl sites for hydroxylation is 1. The molecule has 2 N–H and O–H groups in total. The van der Waals surface area contributed by atoms with Gasteiger partial charge in [0.05, 0.1) is 18.7 Å². The summed E-state index contributed by atoms with van der Waals surface area (Å²) >= 11 is 0. The number of aromatic nitrogens is 2. The summed E-state index contributed by atoms with van der Waals surface area (Å²) in [4.78, 5) is 12.7. The lowest BCUT2D eigenvalue weighted by molar-refractivity contribution is -0.119. The summed E-state index contributed by atoms with van der Waals surface area (Å²) in [6.45, 7) is 4.76. The van der Waals surface area contributed by atoms with Crippen molar-refractivity contribution < 1.29 is 9.53 Å². The Hall–Kier alpha value is -2.18. The van der Waals surface area contributed by atoms with Crippen molar-refractivity contribution in [2.24, 2.45) is 13.0 Å². The van der Waals surface area contributed by atoms with E-state index in [0.717, 1.165) is 23.4 Å². The standard InChI is InChI=1S/C18H24N4O2/c1-3-24-12-13-4-6-15(7-5-13)21-18(23)17-10-19-9-16(17)14-8-20-22(2)11-14/h4-8,11,16-17,19H,3,9-10,12H2,1-2H3,(H,21,23)/t16-,17+/m1/s1. The summed E-state index contributed by atoms with van der Waals surface area (Å²) in [5.41, 5.74) is 3.03. The largest absolute Gasteiger partial charge is 0.377 e. The van der Waals surface area contributed by atoms with Crippen molar-refractivity contribution in [2.45, 2.75) is 19.4 Å². The highest BCUT2D eigenvalue weighted by Crippen LogP contribution is 2.28. The minimum absolute atomic E-state index is 0.0476. The Balaban J connectivity index is 1.63. The SMILES string of the molecule is CCOCc1ccc(NC(=O)[C@H]2CNC[C@@H]2c2cnn(C)c2)cc1. The first kappa shape index (κ1) is 16.7. The van der Waals surface area contributed by atoms with Gasteiger partial charge in [0.1, 0.15) is 0 Å². The first-order valence-corrected chi connectivity index (χ1v) is 8.34. The number of carbonyl (C=O) groups is 1. The molecule has 3 rings (SSSR count). The summed E-state index contributed by atoms with van der Waals surface area (Å²) in [5, 5.41) is 10.6. The Labute approximate surface area is 142 Å². The third-order valence-corrected chi connectivity index (χ3v) is 4.40. The van der Waals surface area contributed by atoms with Crippen LogP contribution in [0.2, 0.25) is 0 Å². The predicted octanol–water partition coefficient (Wildman–Crippen LogP) is 1.90. The average molecular weight is 328 g/mol. The van der Waals surface area contributed by atoms with E-state index in [9.17, 15) is 4.79 Å². The molecule has 2 heterocycles. The molecule has 0 aliphatic carbocycles. The van der Waals surface area contributed by atoms with Crippen molar-refractivity contribution in [3.63, 3.8) is 0 Å². The normalized spacial score (nSPS) is 20.2. The number of anilines is 1. The number of ether oxygens (including phenoxy) is 1. The van der Waals surface area contributed by atoms with Gasteiger partial charge in [-0.2, -0.15) is 5.10 Å². The maximum absolute atomic E-state index is 12.7. The maximum Gasteiger partial charge on any atom is 0.229 e. The number of nitrogens with one attached hydrogen (secondary N) is 2. The second kappa shape index (κ2) is 7.59. The number of rotatable bonds is 6. The molecule has 0 spiro atoms. The molecule has 2 atom stereocenters. The smallest absolute Gasteiger partial charge is 0.229 e. The topological polar surface area (TPSA) is 68.2 Å². The van der Waals surface area contributed by atoms with E-state index in [2.05, 4.69) is 15.7 Å². The van der Waals surface area contributed by atoms with Gasteiger partial charge >= 0.3 is 0 Å². The highest BCUT2D eigenvalue weighted by Gasteiger charge is 2.34.